The molecule has 96 valence electrons. The van der Waals surface area contributed by atoms with Gasteiger partial charge in [-0.15, -0.1) is 0 Å². The number of nitrogen functional groups attached to an aromatic ring is 1. The molecule has 0 unspecified atom stereocenters. The minimum atomic E-state index is -4.39. The van der Waals surface area contributed by atoms with Crippen LogP contribution in [0, 0.1) is 11.3 Å². The molecule has 1 aromatic heterocycles. The molecule has 1 aromatic carbocycles. The number of alkyl halides is 3. The number of aromatic nitrogens is 1. The number of nitrogens with zero attached hydrogens (tertiary/aromatic N) is 2. The van der Waals surface area contributed by atoms with Crippen LogP contribution in [0.15, 0.2) is 36.5 Å². The van der Waals surface area contributed by atoms with Gasteiger partial charge in [0.2, 0.25) is 0 Å². The molecule has 0 aliphatic rings. The van der Waals surface area contributed by atoms with Crippen LogP contribution in [0.1, 0.15) is 11.1 Å². The molecule has 0 amide bonds. The first-order chi connectivity index (χ1) is 8.93. The van der Waals surface area contributed by atoms with Crippen molar-refractivity contribution in [3.05, 3.63) is 47.7 Å². The van der Waals surface area contributed by atoms with Crippen molar-refractivity contribution >= 4 is 5.82 Å². The average molecular weight is 263 g/mol. The second kappa shape index (κ2) is 4.61. The van der Waals surface area contributed by atoms with Crippen LogP contribution in [-0.4, -0.2) is 4.98 Å². The predicted molar refractivity (Wildman–Crippen MR) is 63.8 cm³/mol. The van der Waals surface area contributed by atoms with Gasteiger partial charge in [0, 0.05) is 11.8 Å². The van der Waals surface area contributed by atoms with Crippen LogP contribution >= 0.6 is 0 Å². The molecule has 0 saturated heterocycles. The SMILES string of the molecule is N#Cc1ccnc(N)c1-c1ccc(C(F)(F)F)cc1. The molecule has 6 heteroatoms. The van der Waals surface area contributed by atoms with E-state index in [0.717, 1.165) is 12.1 Å². The Morgan fingerprint density at radius 3 is 2.26 bits per heavy atom. The van der Waals surface area contributed by atoms with Crippen molar-refractivity contribution < 1.29 is 13.2 Å². The van der Waals surface area contributed by atoms with Crippen LogP contribution in [0.2, 0.25) is 0 Å². The van der Waals surface area contributed by atoms with Crippen molar-refractivity contribution in [2.75, 3.05) is 5.73 Å². The molecule has 0 spiro atoms. The maximum Gasteiger partial charge on any atom is 0.416 e. The summed E-state index contributed by atoms with van der Waals surface area (Å²) >= 11 is 0. The van der Waals surface area contributed by atoms with Gasteiger partial charge in [0.05, 0.1) is 17.2 Å². The third-order valence-electron chi connectivity index (χ3n) is 2.60. The minimum Gasteiger partial charge on any atom is -0.383 e. The van der Waals surface area contributed by atoms with Crippen LogP contribution in [-0.2, 0) is 6.18 Å². The highest BCUT2D eigenvalue weighted by Crippen LogP contribution is 2.33. The molecule has 0 aliphatic carbocycles. The lowest BCUT2D eigenvalue weighted by molar-refractivity contribution is -0.137. The molecular formula is C13H8F3N3. The fourth-order valence-electron chi connectivity index (χ4n) is 1.70. The topological polar surface area (TPSA) is 62.7 Å². The molecule has 3 nitrogen and oxygen atoms in total. The van der Waals surface area contributed by atoms with Crippen molar-refractivity contribution in [3.8, 4) is 17.2 Å². The standard InChI is InChI=1S/C13H8F3N3/c14-13(15,16)10-3-1-8(2-4-10)11-9(7-17)5-6-19-12(11)18/h1-6H,(H2,18,19). The van der Waals surface area contributed by atoms with Crippen molar-refractivity contribution in [1.82, 2.24) is 4.98 Å². The van der Waals surface area contributed by atoms with Gasteiger partial charge >= 0.3 is 6.18 Å². The molecular weight excluding hydrogens is 255 g/mol. The highest BCUT2D eigenvalue weighted by Gasteiger charge is 2.30. The molecule has 0 bridgehead atoms. The molecule has 19 heavy (non-hydrogen) atoms. The first-order valence-electron chi connectivity index (χ1n) is 5.25. The number of nitrogens with two attached hydrogens (primary N) is 1. The molecule has 0 radical (unpaired) electrons. The number of hydrogen-bond acceptors (Lipinski definition) is 3. The maximum atomic E-state index is 12.5. The molecule has 0 atom stereocenters. The Hall–Kier alpha value is -2.55. The monoisotopic (exact) mass is 263 g/mol. The Morgan fingerprint density at radius 1 is 1.11 bits per heavy atom. The van der Waals surface area contributed by atoms with Gasteiger partial charge in [0.25, 0.3) is 0 Å². The largest absolute Gasteiger partial charge is 0.416 e. The maximum absolute atomic E-state index is 12.5. The van der Waals surface area contributed by atoms with Gasteiger partial charge in [0.1, 0.15) is 5.82 Å². The van der Waals surface area contributed by atoms with E-state index in [-0.39, 0.29) is 11.4 Å². The Kier molecular flexibility index (Phi) is 3.13. The summed E-state index contributed by atoms with van der Waals surface area (Å²) in [6.45, 7) is 0. The van der Waals surface area contributed by atoms with Crippen molar-refractivity contribution in [1.29, 1.82) is 5.26 Å². The van der Waals surface area contributed by atoms with E-state index in [1.54, 1.807) is 0 Å². The first-order valence-corrected chi connectivity index (χ1v) is 5.25. The van der Waals surface area contributed by atoms with Gasteiger partial charge in [-0.3, -0.25) is 0 Å². The van der Waals surface area contributed by atoms with Gasteiger partial charge in [-0.05, 0) is 23.8 Å². The summed E-state index contributed by atoms with van der Waals surface area (Å²) in [5.41, 5.74) is 5.96. The fraction of sp³-hybridized carbons (Fsp3) is 0.0769. The predicted octanol–water partition coefficient (Wildman–Crippen LogP) is 3.22. The summed E-state index contributed by atoms with van der Waals surface area (Å²) in [5, 5.41) is 8.97. The van der Waals surface area contributed by atoms with Crippen molar-refractivity contribution in [3.63, 3.8) is 0 Å². The second-order valence-corrected chi connectivity index (χ2v) is 3.81. The summed E-state index contributed by atoms with van der Waals surface area (Å²) < 4.78 is 37.4. The van der Waals surface area contributed by atoms with Gasteiger partial charge in [-0.1, -0.05) is 12.1 Å². The number of pyridine rings is 1. The molecule has 1 heterocycles. The number of nitriles is 1. The smallest absolute Gasteiger partial charge is 0.383 e. The summed E-state index contributed by atoms with van der Waals surface area (Å²) in [7, 11) is 0. The van der Waals surface area contributed by atoms with Crippen LogP contribution in [0.5, 0.6) is 0 Å². The van der Waals surface area contributed by atoms with Gasteiger partial charge < -0.3 is 5.73 Å². The quantitative estimate of drug-likeness (QED) is 0.859. The van der Waals surface area contributed by atoms with E-state index in [1.165, 1.54) is 24.4 Å². The van der Waals surface area contributed by atoms with E-state index in [0.29, 0.717) is 11.1 Å². The summed E-state index contributed by atoms with van der Waals surface area (Å²) in [6.07, 6.45) is -3.02. The van der Waals surface area contributed by atoms with E-state index in [2.05, 4.69) is 4.98 Å². The minimum absolute atomic E-state index is 0.110. The number of hydrogen-bond donors (Lipinski definition) is 1. The lowest BCUT2D eigenvalue weighted by Crippen LogP contribution is -2.04. The third kappa shape index (κ3) is 2.50. The summed E-state index contributed by atoms with van der Waals surface area (Å²) in [5.74, 6) is 0.110. The van der Waals surface area contributed by atoms with Gasteiger partial charge in [-0.2, -0.15) is 18.4 Å². The Labute approximate surface area is 107 Å². The lowest BCUT2D eigenvalue weighted by Gasteiger charge is -2.09. The van der Waals surface area contributed by atoms with Crippen LogP contribution < -0.4 is 5.73 Å². The zero-order valence-electron chi connectivity index (χ0n) is 9.57. The number of benzene rings is 1. The Balaban J connectivity index is 2.53. The molecule has 0 aliphatic heterocycles. The molecule has 2 rings (SSSR count). The molecule has 0 fully saturated rings. The zero-order chi connectivity index (χ0) is 14.0. The second-order valence-electron chi connectivity index (χ2n) is 3.81. The van der Waals surface area contributed by atoms with Crippen LogP contribution in [0.3, 0.4) is 0 Å². The summed E-state index contributed by atoms with van der Waals surface area (Å²) in [4.78, 5) is 3.84. The zero-order valence-corrected chi connectivity index (χ0v) is 9.57. The molecule has 0 saturated carbocycles. The normalized spacial score (nSPS) is 11.1. The first kappa shape index (κ1) is 12.9. The fourth-order valence-corrected chi connectivity index (χ4v) is 1.70. The van der Waals surface area contributed by atoms with Crippen molar-refractivity contribution in [2.45, 2.75) is 6.18 Å². The molecule has 2 aromatic rings. The van der Waals surface area contributed by atoms with E-state index < -0.39 is 11.7 Å². The van der Waals surface area contributed by atoms with E-state index in [9.17, 15) is 13.2 Å². The highest BCUT2D eigenvalue weighted by molar-refractivity contribution is 5.79. The highest BCUT2D eigenvalue weighted by atomic mass is 19.4. The van der Waals surface area contributed by atoms with Gasteiger partial charge in [0.15, 0.2) is 0 Å². The van der Waals surface area contributed by atoms with E-state index in [4.69, 9.17) is 11.0 Å². The number of anilines is 1. The lowest BCUT2D eigenvalue weighted by atomic mass is 10.00. The van der Waals surface area contributed by atoms with Crippen molar-refractivity contribution in [2.24, 2.45) is 0 Å². The molecule has 2 N–H and O–H groups in total. The van der Waals surface area contributed by atoms with Gasteiger partial charge in [-0.25, -0.2) is 4.98 Å². The number of halogens is 3. The van der Waals surface area contributed by atoms with Crippen LogP contribution in [0.25, 0.3) is 11.1 Å². The van der Waals surface area contributed by atoms with E-state index >= 15 is 0 Å². The average Bonchev–Trinajstić information content (AvgIpc) is 2.37. The Bertz CT molecular complexity index is 640. The number of rotatable bonds is 1. The van der Waals surface area contributed by atoms with Crippen LogP contribution in [0.4, 0.5) is 19.0 Å². The summed E-state index contributed by atoms with van der Waals surface area (Å²) in [6, 6.07) is 7.84. The van der Waals surface area contributed by atoms with E-state index in [1.807, 2.05) is 6.07 Å². The third-order valence-corrected chi connectivity index (χ3v) is 2.60. The Morgan fingerprint density at radius 2 is 1.74 bits per heavy atom.